The van der Waals surface area contributed by atoms with E-state index < -0.39 is 12.0 Å². The van der Waals surface area contributed by atoms with E-state index in [1.54, 1.807) is 6.07 Å². The zero-order valence-corrected chi connectivity index (χ0v) is 12.2. The molecule has 5 heteroatoms. The van der Waals surface area contributed by atoms with E-state index in [1.165, 1.54) is 26.0 Å². The Morgan fingerprint density at radius 1 is 1.19 bits per heavy atom. The minimum atomic E-state index is -1.10. The first-order chi connectivity index (χ1) is 9.97. The standard InChI is InChI=1S/C16H17NO4/c1-10(18)17(2)15(16(19)20)14-12-7-5-4-6-11(12)8-9-13(14)21-3/h4-9,15H,1-3H3,(H,19,20). The summed E-state index contributed by atoms with van der Waals surface area (Å²) in [4.78, 5) is 24.5. The lowest BCUT2D eigenvalue weighted by molar-refractivity contribution is -0.148. The Hall–Kier alpha value is -2.56. The van der Waals surface area contributed by atoms with Crippen molar-refractivity contribution in [3.05, 3.63) is 42.0 Å². The van der Waals surface area contributed by atoms with Gasteiger partial charge in [-0.2, -0.15) is 0 Å². The normalized spacial score (nSPS) is 12.0. The van der Waals surface area contributed by atoms with E-state index in [1.807, 2.05) is 30.3 Å². The molecule has 0 saturated heterocycles. The first kappa shape index (κ1) is 14.8. The van der Waals surface area contributed by atoms with Crippen LogP contribution in [0, 0.1) is 0 Å². The summed E-state index contributed by atoms with van der Waals surface area (Å²) in [5, 5.41) is 11.2. The molecule has 0 spiro atoms. The number of methoxy groups -OCH3 is 1. The zero-order chi connectivity index (χ0) is 15.6. The van der Waals surface area contributed by atoms with Gasteiger partial charge in [0, 0.05) is 19.5 Å². The Morgan fingerprint density at radius 3 is 2.43 bits per heavy atom. The van der Waals surface area contributed by atoms with E-state index in [9.17, 15) is 14.7 Å². The van der Waals surface area contributed by atoms with Crippen molar-refractivity contribution in [1.29, 1.82) is 0 Å². The van der Waals surface area contributed by atoms with Crippen LogP contribution in [-0.4, -0.2) is 36.0 Å². The van der Waals surface area contributed by atoms with Crippen LogP contribution in [0.5, 0.6) is 5.75 Å². The molecule has 110 valence electrons. The second kappa shape index (κ2) is 5.83. The fraction of sp³-hybridized carbons (Fsp3) is 0.250. The first-order valence-corrected chi connectivity index (χ1v) is 6.49. The Balaban J connectivity index is 2.76. The van der Waals surface area contributed by atoms with Crippen LogP contribution in [0.4, 0.5) is 0 Å². The highest BCUT2D eigenvalue weighted by molar-refractivity contribution is 5.94. The summed E-state index contributed by atoms with van der Waals surface area (Å²) in [6.45, 7) is 1.34. The Labute approximate surface area is 122 Å². The summed E-state index contributed by atoms with van der Waals surface area (Å²) >= 11 is 0. The number of fused-ring (bicyclic) bond motifs is 1. The van der Waals surface area contributed by atoms with E-state index in [-0.39, 0.29) is 5.91 Å². The van der Waals surface area contributed by atoms with Crippen molar-refractivity contribution >= 4 is 22.6 Å². The lowest BCUT2D eigenvalue weighted by Crippen LogP contribution is -2.34. The zero-order valence-electron chi connectivity index (χ0n) is 12.2. The van der Waals surface area contributed by atoms with Crippen molar-refractivity contribution in [1.82, 2.24) is 4.90 Å². The molecule has 1 unspecified atom stereocenters. The molecule has 0 heterocycles. The van der Waals surface area contributed by atoms with Crippen LogP contribution in [0.2, 0.25) is 0 Å². The van der Waals surface area contributed by atoms with E-state index in [4.69, 9.17) is 4.74 Å². The average molecular weight is 287 g/mol. The highest BCUT2D eigenvalue weighted by Crippen LogP contribution is 2.35. The third-order valence-electron chi connectivity index (χ3n) is 3.54. The number of carbonyl (C=O) groups is 2. The molecule has 0 bridgehead atoms. The fourth-order valence-corrected chi connectivity index (χ4v) is 2.40. The number of hydrogen-bond donors (Lipinski definition) is 1. The van der Waals surface area contributed by atoms with E-state index in [2.05, 4.69) is 0 Å². The highest BCUT2D eigenvalue weighted by Gasteiger charge is 2.31. The molecule has 2 aromatic rings. The third kappa shape index (κ3) is 2.67. The maximum absolute atomic E-state index is 11.7. The van der Waals surface area contributed by atoms with Gasteiger partial charge >= 0.3 is 5.97 Å². The van der Waals surface area contributed by atoms with Crippen LogP contribution in [0.1, 0.15) is 18.5 Å². The van der Waals surface area contributed by atoms with Crippen LogP contribution in [0.25, 0.3) is 10.8 Å². The van der Waals surface area contributed by atoms with Crippen molar-refractivity contribution < 1.29 is 19.4 Å². The van der Waals surface area contributed by atoms with Gasteiger partial charge < -0.3 is 14.7 Å². The molecular formula is C16H17NO4. The highest BCUT2D eigenvalue weighted by atomic mass is 16.5. The van der Waals surface area contributed by atoms with Crippen LogP contribution in [0.15, 0.2) is 36.4 Å². The van der Waals surface area contributed by atoms with Gasteiger partial charge in [0.2, 0.25) is 5.91 Å². The predicted molar refractivity (Wildman–Crippen MR) is 79.3 cm³/mol. The molecule has 5 nitrogen and oxygen atoms in total. The van der Waals surface area contributed by atoms with Crippen LogP contribution >= 0.6 is 0 Å². The molecule has 0 aliphatic heterocycles. The third-order valence-corrected chi connectivity index (χ3v) is 3.54. The first-order valence-electron chi connectivity index (χ1n) is 6.49. The van der Waals surface area contributed by atoms with Crippen molar-refractivity contribution in [2.75, 3.05) is 14.2 Å². The number of rotatable bonds is 4. The maximum atomic E-state index is 11.7. The van der Waals surface area contributed by atoms with Gasteiger partial charge in [-0.3, -0.25) is 4.79 Å². The number of carbonyl (C=O) groups excluding carboxylic acids is 1. The smallest absolute Gasteiger partial charge is 0.331 e. The number of aliphatic carboxylic acids is 1. The largest absolute Gasteiger partial charge is 0.496 e. The van der Waals surface area contributed by atoms with Crippen molar-refractivity contribution in [3.63, 3.8) is 0 Å². The van der Waals surface area contributed by atoms with Gasteiger partial charge in [-0.15, -0.1) is 0 Å². The van der Waals surface area contributed by atoms with Crippen molar-refractivity contribution in [2.45, 2.75) is 13.0 Å². The van der Waals surface area contributed by atoms with Crippen molar-refractivity contribution in [2.24, 2.45) is 0 Å². The SMILES string of the molecule is COc1ccc2ccccc2c1C(C(=O)O)N(C)C(C)=O. The predicted octanol–water partition coefficient (Wildman–Crippen LogP) is 2.45. The van der Waals surface area contributed by atoms with Gasteiger partial charge in [-0.1, -0.05) is 30.3 Å². The minimum absolute atomic E-state index is 0.322. The molecule has 0 saturated carbocycles. The van der Waals surface area contributed by atoms with E-state index >= 15 is 0 Å². The number of benzene rings is 2. The molecule has 0 aromatic heterocycles. The summed E-state index contributed by atoms with van der Waals surface area (Å²) in [5.74, 6) is -0.964. The second-order valence-electron chi connectivity index (χ2n) is 4.77. The number of amides is 1. The fourth-order valence-electron chi connectivity index (χ4n) is 2.40. The van der Waals surface area contributed by atoms with Gasteiger partial charge in [-0.25, -0.2) is 4.79 Å². The molecule has 0 fully saturated rings. The molecule has 2 aromatic carbocycles. The molecule has 1 amide bonds. The summed E-state index contributed by atoms with van der Waals surface area (Å²) in [7, 11) is 2.96. The minimum Gasteiger partial charge on any atom is -0.496 e. The quantitative estimate of drug-likeness (QED) is 0.938. The Morgan fingerprint density at radius 2 is 1.86 bits per heavy atom. The Kier molecular flexibility index (Phi) is 4.12. The van der Waals surface area contributed by atoms with Gasteiger partial charge in [0.25, 0.3) is 0 Å². The molecular weight excluding hydrogens is 270 g/mol. The number of carboxylic acid groups (broad SMARTS) is 1. The van der Waals surface area contributed by atoms with E-state index in [0.717, 1.165) is 10.8 Å². The van der Waals surface area contributed by atoms with Gasteiger partial charge in [0.1, 0.15) is 5.75 Å². The molecule has 0 radical (unpaired) electrons. The number of carboxylic acids is 1. The summed E-state index contributed by atoms with van der Waals surface area (Å²) < 4.78 is 5.31. The van der Waals surface area contributed by atoms with Crippen LogP contribution in [-0.2, 0) is 9.59 Å². The summed E-state index contributed by atoms with van der Waals surface area (Å²) in [6, 6.07) is 9.93. The van der Waals surface area contributed by atoms with Crippen LogP contribution in [0.3, 0.4) is 0 Å². The number of likely N-dealkylation sites (N-methyl/N-ethyl adjacent to an activating group) is 1. The van der Waals surface area contributed by atoms with E-state index in [0.29, 0.717) is 11.3 Å². The lowest BCUT2D eigenvalue weighted by atomic mass is 9.96. The molecule has 21 heavy (non-hydrogen) atoms. The van der Waals surface area contributed by atoms with Gasteiger partial charge in [0.05, 0.1) is 7.11 Å². The lowest BCUT2D eigenvalue weighted by Gasteiger charge is -2.26. The molecule has 2 rings (SSSR count). The average Bonchev–Trinajstić information content (AvgIpc) is 2.47. The molecule has 0 aliphatic carbocycles. The number of nitrogens with zero attached hydrogens (tertiary/aromatic N) is 1. The summed E-state index contributed by atoms with van der Waals surface area (Å²) in [6.07, 6.45) is 0. The van der Waals surface area contributed by atoms with Crippen molar-refractivity contribution in [3.8, 4) is 5.75 Å². The van der Waals surface area contributed by atoms with Crippen LogP contribution < -0.4 is 4.74 Å². The monoisotopic (exact) mass is 287 g/mol. The molecule has 1 atom stereocenters. The van der Waals surface area contributed by atoms with Gasteiger partial charge in [0.15, 0.2) is 6.04 Å². The topological polar surface area (TPSA) is 66.8 Å². The van der Waals surface area contributed by atoms with Gasteiger partial charge in [-0.05, 0) is 16.8 Å². The number of hydrogen-bond acceptors (Lipinski definition) is 3. The Bertz CT molecular complexity index is 696. The maximum Gasteiger partial charge on any atom is 0.331 e. The summed E-state index contributed by atoms with van der Waals surface area (Å²) in [5.41, 5.74) is 0.487. The molecule has 0 aliphatic rings. The number of ether oxygens (including phenoxy) is 1. The molecule has 1 N–H and O–H groups in total. The second-order valence-corrected chi connectivity index (χ2v) is 4.77.